The molecule has 0 N–H and O–H groups in total. The first-order valence-corrected chi connectivity index (χ1v) is 2.54. The van der Waals surface area contributed by atoms with Crippen LogP contribution in [0.3, 0.4) is 0 Å². The van der Waals surface area contributed by atoms with E-state index in [0.717, 1.165) is 5.92 Å². The SMILES string of the molecule is [CH2-]C1C[CH-]CC1.[W+2]. The summed E-state index contributed by atoms with van der Waals surface area (Å²) in [7, 11) is 0. The fourth-order valence-electron chi connectivity index (χ4n) is 0.825. The summed E-state index contributed by atoms with van der Waals surface area (Å²) in [6.07, 6.45) is 6.19. The molecule has 1 unspecified atom stereocenters. The minimum atomic E-state index is 0. The van der Waals surface area contributed by atoms with Crippen molar-refractivity contribution in [3.63, 3.8) is 0 Å². The van der Waals surface area contributed by atoms with Crippen LogP contribution in [-0.2, 0) is 21.1 Å². The minimum Gasteiger partial charge on any atom is -0.343 e. The summed E-state index contributed by atoms with van der Waals surface area (Å²) < 4.78 is 0. The molecule has 0 heterocycles. The van der Waals surface area contributed by atoms with Crippen LogP contribution in [0.15, 0.2) is 0 Å². The van der Waals surface area contributed by atoms with Crippen LogP contribution in [0.2, 0.25) is 0 Å². The molecule has 1 fully saturated rings. The first-order valence-electron chi connectivity index (χ1n) is 2.54. The van der Waals surface area contributed by atoms with E-state index >= 15 is 0 Å². The maximum Gasteiger partial charge on any atom is 2.00 e. The van der Waals surface area contributed by atoms with Gasteiger partial charge in [0, 0.05) is 0 Å². The largest absolute Gasteiger partial charge is 2.00 e. The summed E-state index contributed by atoms with van der Waals surface area (Å²) >= 11 is 0. The predicted molar refractivity (Wildman–Crippen MR) is 27.0 cm³/mol. The van der Waals surface area contributed by atoms with Gasteiger partial charge in [0.2, 0.25) is 0 Å². The zero-order chi connectivity index (χ0) is 4.41. The van der Waals surface area contributed by atoms with Gasteiger partial charge in [-0.1, -0.05) is 0 Å². The molecule has 0 aliphatic heterocycles. The topological polar surface area (TPSA) is 0 Å². The third-order valence-electron chi connectivity index (χ3n) is 1.28. The van der Waals surface area contributed by atoms with Crippen LogP contribution in [-0.4, -0.2) is 0 Å². The van der Waals surface area contributed by atoms with Gasteiger partial charge in [-0.15, -0.1) is 6.42 Å². The van der Waals surface area contributed by atoms with Gasteiger partial charge in [0.1, 0.15) is 0 Å². The summed E-state index contributed by atoms with van der Waals surface area (Å²) in [5.41, 5.74) is 0. The molecule has 0 aromatic heterocycles. The second-order valence-electron chi connectivity index (χ2n) is 1.97. The summed E-state index contributed by atoms with van der Waals surface area (Å²) in [5.74, 6) is 0.741. The third-order valence-corrected chi connectivity index (χ3v) is 1.28. The van der Waals surface area contributed by atoms with Crippen LogP contribution in [0.25, 0.3) is 0 Å². The Labute approximate surface area is 59.9 Å². The normalized spacial score (nSPS) is 29.6. The Morgan fingerprint density at radius 2 is 2.29 bits per heavy atom. The molecule has 0 spiro atoms. The van der Waals surface area contributed by atoms with E-state index < -0.39 is 0 Å². The van der Waals surface area contributed by atoms with E-state index in [1.165, 1.54) is 19.3 Å². The molecular weight excluding hydrogens is 256 g/mol. The van der Waals surface area contributed by atoms with Crippen LogP contribution in [0, 0.1) is 19.3 Å². The molecule has 40 valence electrons. The smallest absolute Gasteiger partial charge is 0.343 e. The third kappa shape index (κ3) is 2.49. The second kappa shape index (κ2) is 3.66. The molecule has 1 saturated carbocycles. The Bertz CT molecular complexity index is 37.4. The van der Waals surface area contributed by atoms with Crippen LogP contribution >= 0.6 is 0 Å². The minimum absolute atomic E-state index is 0. The van der Waals surface area contributed by atoms with Crippen molar-refractivity contribution in [1.82, 2.24) is 0 Å². The molecule has 0 radical (unpaired) electrons. The molecular formula is C6H10W. The molecule has 0 aromatic rings. The number of rotatable bonds is 0. The molecule has 0 aromatic carbocycles. The summed E-state index contributed by atoms with van der Waals surface area (Å²) in [5, 5.41) is 0. The molecule has 1 heteroatoms. The Hall–Kier alpha value is 0.688. The van der Waals surface area contributed by atoms with Gasteiger partial charge >= 0.3 is 21.1 Å². The van der Waals surface area contributed by atoms with E-state index in [0.29, 0.717) is 0 Å². The summed E-state index contributed by atoms with van der Waals surface area (Å²) in [6.45, 7) is 3.91. The molecule has 0 nitrogen and oxygen atoms in total. The van der Waals surface area contributed by atoms with E-state index in [-0.39, 0.29) is 21.1 Å². The van der Waals surface area contributed by atoms with Crippen molar-refractivity contribution >= 4 is 0 Å². The van der Waals surface area contributed by atoms with Crippen molar-refractivity contribution < 1.29 is 21.1 Å². The Balaban J connectivity index is 0.000000360. The van der Waals surface area contributed by atoms with E-state index in [2.05, 4.69) is 13.3 Å². The van der Waals surface area contributed by atoms with Gasteiger partial charge in [-0.25, -0.2) is 6.42 Å². The molecule has 1 atom stereocenters. The number of hydrogen-bond donors (Lipinski definition) is 0. The van der Waals surface area contributed by atoms with Crippen molar-refractivity contribution in [2.24, 2.45) is 5.92 Å². The standard InChI is InChI=1S/C6H10.W/c1-6-4-2-3-5-6;/h2,6H,1,3-5H2;/q-2;+2. The van der Waals surface area contributed by atoms with Crippen LogP contribution in [0.1, 0.15) is 19.3 Å². The van der Waals surface area contributed by atoms with Gasteiger partial charge in [0.25, 0.3) is 0 Å². The van der Waals surface area contributed by atoms with Crippen LogP contribution in [0.5, 0.6) is 0 Å². The fourth-order valence-corrected chi connectivity index (χ4v) is 0.825. The Morgan fingerprint density at radius 3 is 2.43 bits per heavy atom. The van der Waals surface area contributed by atoms with Gasteiger partial charge in [0.15, 0.2) is 0 Å². The van der Waals surface area contributed by atoms with E-state index in [1.54, 1.807) is 0 Å². The molecule has 0 amide bonds. The molecule has 0 saturated heterocycles. The molecule has 1 rings (SSSR count). The maximum absolute atomic E-state index is 3.91. The van der Waals surface area contributed by atoms with Crippen LogP contribution in [0.4, 0.5) is 0 Å². The zero-order valence-electron chi connectivity index (χ0n) is 4.39. The van der Waals surface area contributed by atoms with Gasteiger partial charge < -0.3 is 13.3 Å². The maximum atomic E-state index is 3.91. The summed E-state index contributed by atoms with van der Waals surface area (Å²) in [6, 6.07) is 0. The van der Waals surface area contributed by atoms with E-state index in [9.17, 15) is 0 Å². The molecule has 7 heavy (non-hydrogen) atoms. The Morgan fingerprint density at radius 1 is 1.57 bits per heavy atom. The first-order chi connectivity index (χ1) is 2.89. The quantitative estimate of drug-likeness (QED) is 0.587. The van der Waals surface area contributed by atoms with E-state index in [1.807, 2.05) is 0 Å². The van der Waals surface area contributed by atoms with Gasteiger partial charge in [-0.05, 0) is 0 Å². The molecule has 0 bridgehead atoms. The van der Waals surface area contributed by atoms with E-state index in [4.69, 9.17) is 0 Å². The van der Waals surface area contributed by atoms with Crippen molar-refractivity contribution in [3.05, 3.63) is 13.3 Å². The molecule has 1 aliphatic rings. The van der Waals surface area contributed by atoms with Crippen molar-refractivity contribution in [3.8, 4) is 0 Å². The summed E-state index contributed by atoms with van der Waals surface area (Å²) in [4.78, 5) is 0. The first kappa shape index (κ1) is 7.69. The average Bonchev–Trinajstić information content (AvgIpc) is 1.86. The predicted octanol–water partition coefficient (Wildman–Crippen LogP) is 1.82. The van der Waals surface area contributed by atoms with Crippen molar-refractivity contribution in [2.75, 3.05) is 0 Å². The second-order valence-corrected chi connectivity index (χ2v) is 1.97. The van der Waals surface area contributed by atoms with Crippen LogP contribution < -0.4 is 0 Å². The van der Waals surface area contributed by atoms with Gasteiger partial charge in [-0.3, -0.25) is 0 Å². The van der Waals surface area contributed by atoms with Gasteiger partial charge in [-0.2, -0.15) is 12.3 Å². The molecule has 1 aliphatic carbocycles. The zero-order valence-corrected chi connectivity index (χ0v) is 7.32. The Kier molecular flexibility index (Phi) is 4.02. The van der Waals surface area contributed by atoms with Crippen molar-refractivity contribution in [1.29, 1.82) is 0 Å². The fraction of sp³-hybridized carbons (Fsp3) is 0.667. The van der Waals surface area contributed by atoms with Gasteiger partial charge in [0.05, 0.1) is 0 Å². The van der Waals surface area contributed by atoms with Crippen molar-refractivity contribution in [2.45, 2.75) is 19.3 Å². The average molecular weight is 266 g/mol. The monoisotopic (exact) mass is 266 g/mol. The number of hydrogen-bond acceptors (Lipinski definition) is 0.